The van der Waals surface area contributed by atoms with Crippen LogP contribution in [-0.4, -0.2) is 14.6 Å². The molecule has 18 heavy (non-hydrogen) atoms. The largest absolute Gasteiger partial charge is 0.398 e. The van der Waals surface area contributed by atoms with Crippen molar-refractivity contribution in [1.29, 1.82) is 0 Å². The highest BCUT2D eigenvalue weighted by Gasteiger charge is 2.12. The van der Waals surface area contributed by atoms with Crippen LogP contribution in [0.3, 0.4) is 0 Å². The van der Waals surface area contributed by atoms with Gasteiger partial charge in [0.2, 0.25) is 0 Å². The van der Waals surface area contributed by atoms with Crippen molar-refractivity contribution in [3.63, 3.8) is 0 Å². The van der Waals surface area contributed by atoms with Crippen molar-refractivity contribution in [2.24, 2.45) is 0 Å². The Kier molecular flexibility index (Phi) is 2.56. The molecule has 1 aromatic carbocycles. The minimum atomic E-state index is 0.687. The molecule has 0 fully saturated rings. The molecule has 0 radical (unpaired) electrons. The van der Waals surface area contributed by atoms with E-state index in [0.29, 0.717) is 5.69 Å². The highest BCUT2D eigenvalue weighted by atomic mass is 79.9. The molecule has 0 saturated carbocycles. The monoisotopic (exact) mass is 302 g/mol. The van der Waals surface area contributed by atoms with Crippen LogP contribution >= 0.6 is 15.9 Å². The molecule has 0 amide bonds. The molecule has 4 nitrogen and oxygen atoms in total. The second-order valence-corrected chi connectivity index (χ2v) is 4.94. The van der Waals surface area contributed by atoms with Gasteiger partial charge in [-0.25, -0.2) is 0 Å². The normalized spacial score (nSPS) is 11.0. The molecule has 0 aliphatic rings. The molecule has 0 atom stereocenters. The van der Waals surface area contributed by atoms with Gasteiger partial charge in [0.25, 0.3) is 0 Å². The van der Waals surface area contributed by atoms with E-state index in [9.17, 15) is 0 Å². The zero-order valence-corrected chi connectivity index (χ0v) is 11.3. The van der Waals surface area contributed by atoms with E-state index in [1.54, 1.807) is 0 Å². The zero-order chi connectivity index (χ0) is 12.7. The Labute approximate surface area is 113 Å². The Morgan fingerprint density at radius 2 is 2.00 bits per heavy atom. The maximum Gasteiger partial charge on any atom is 0.169 e. The van der Waals surface area contributed by atoms with Gasteiger partial charge in [-0.3, -0.25) is 4.40 Å². The molecule has 0 spiro atoms. The lowest BCUT2D eigenvalue weighted by molar-refractivity contribution is 1.11. The van der Waals surface area contributed by atoms with Crippen LogP contribution in [0.4, 0.5) is 5.69 Å². The summed E-state index contributed by atoms with van der Waals surface area (Å²) in [6.45, 7) is 2.05. The van der Waals surface area contributed by atoms with E-state index in [0.717, 1.165) is 27.1 Å². The number of aromatic nitrogens is 3. The summed E-state index contributed by atoms with van der Waals surface area (Å²) in [5, 5.41) is 8.38. The molecule has 2 aromatic heterocycles. The van der Waals surface area contributed by atoms with Gasteiger partial charge in [-0.15, -0.1) is 10.2 Å². The van der Waals surface area contributed by atoms with Crippen molar-refractivity contribution in [2.75, 3.05) is 5.73 Å². The van der Waals surface area contributed by atoms with Gasteiger partial charge < -0.3 is 5.73 Å². The second-order valence-electron chi connectivity index (χ2n) is 4.15. The molecular weight excluding hydrogens is 292 g/mol. The number of pyridine rings is 1. The molecular formula is C13H11BrN4. The van der Waals surface area contributed by atoms with Gasteiger partial charge in [0.15, 0.2) is 11.5 Å². The Bertz CT molecular complexity index is 733. The van der Waals surface area contributed by atoms with E-state index in [-0.39, 0.29) is 0 Å². The van der Waals surface area contributed by atoms with Crippen molar-refractivity contribution in [2.45, 2.75) is 6.92 Å². The number of benzene rings is 1. The third-order valence-electron chi connectivity index (χ3n) is 2.86. The molecule has 0 unspecified atom stereocenters. The number of nitrogens with two attached hydrogens (primary N) is 1. The zero-order valence-electron chi connectivity index (χ0n) is 9.76. The average Bonchev–Trinajstić information content (AvgIpc) is 2.75. The number of fused-ring (bicyclic) bond motifs is 1. The molecule has 90 valence electrons. The summed E-state index contributed by atoms with van der Waals surface area (Å²) in [6, 6.07) is 9.74. The van der Waals surface area contributed by atoms with E-state index < -0.39 is 0 Å². The second kappa shape index (κ2) is 4.10. The molecule has 0 aliphatic carbocycles. The smallest absolute Gasteiger partial charge is 0.169 e. The predicted octanol–water partition coefficient (Wildman–Crippen LogP) is 3.05. The minimum Gasteiger partial charge on any atom is -0.398 e. The average molecular weight is 303 g/mol. The van der Waals surface area contributed by atoms with Crippen molar-refractivity contribution in [3.8, 4) is 11.4 Å². The minimum absolute atomic E-state index is 0.687. The van der Waals surface area contributed by atoms with Crippen LogP contribution in [-0.2, 0) is 0 Å². The van der Waals surface area contributed by atoms with Crippen molar-refractivity contribution >= 4 is 27.3 Å². The summed E-state index contributed by atoms with van der Waals surface area (Å²) in [6.07, 6.45) is 1.83. The number of halogens is 1. The molecule has 3 aromatic rings. The summed E-state index contributed by atoms with van der Waals surface area (Å²) < 4.78 is 2.93. The fourth-order valence-corrected chi connectivity index (χ4v) is 2.35. The number of hydrogen-bond donors (Lipinski definition) is 1. The van der Waals surface area contributed by atoms with Gasteiger partial charge in [0, 0.05) is 21.9 Å². The lowest BCUT2D eigenvalue weighted by atomic mass is 10.1. The Morgan fingerprint density at radius 1 is 1.17 bits per heavy atom. The number of rotatable bonds is 1. The third kappa shape index (κ3) is 1.67. The molecule has 5 heteroatoms. The number of nitrogen functional groups attached to an aromatic ring is 1. The Hall–Kier alpha value is -1.88. The Morgan fingerprint density at radius 3 is 2.83 bits per heavy atom. The van der Waals surface area contributed by atoms with Gasteiger partial charge in [-0.2, -0.15) is 0 Å². The highest BCUT2D eigenvalue weighted by Crippen LogP contribution is 2.29. The number of aryl methyl sites for hydroxylation is 1. The highest BCUT2D eigenvalue weighted by molar-refractivity contribution is 9.10. The number of anilines is 1. The first-order chi connectivity index (χ1) is 8.66. The lowest BCUT2D eigenvalue weighted by Gasteiger charge is -2.05. The SMILES string of the molecule is Cc1cccc(-c2nnc3ccc(N)cn23)c1Br. The maximum absolute atomic E-state index is 5.81. The lowest BCUT2D eigenvalue weighted by Crippen LogP contribution is -1.94. The van der Waals surface area contributed by atoms with Crippen LogP contribution in [0.15, 0.2) is 41.0 Å². The van der Waals surface area contributed by atoms with Gasteiger partial charge in [0.1, 0.15) is 0 Å². The standard InChI is InChI=1S/C13H11BrN4/c1-8-3-2-4-10(12(8)14)13-17-16-11-6-5-9(15)7-18(11)13/h2-7H,15H2,1H3. The van der Waals surface area contributed by atoms with E-state index in [1.165, 1.54) is 0 Å². The fraction of sp³-hybridized carbons (Fsp3) is 0.0769. The topological polar surface area (TPSA) is 56.2 Å². The van der Waals surface area contributed by atoms with Crippen LogP contribution in [0.5, 0.6) is 0 Å². The van der Waals surface area contributed by atoms with Crippen LogP contribution < -0.4 is 5.73 Å². The van der Waals surface area contributed by atoms with Gasteiger partial charge in [-0.05, 0) is 40.5 Å². The van der Waals surface area contributed by atoms with E-state index in [1.807, 2.05) is 47.9 Å². The van der Waals surface area contributed by atoms with E-state index in [2.05, 4.69) is 26.1 Å². The Balaban J connectivity index is 2.32. The summed E-state index contributed by atoms with van der Waals surface area (Å²) in [5.74, 6) is 0.785. The molecule has 0 bridgehead atoms. The van der Waals surface area contributed by atoms with Crippen LogP contribution in [0, 0.1) is 6.92 Å². The summed E-state index contributed by atoms with van der Waals surface area (Å²) in [5.41, 5.74) is 9.45. The van der Waals surface area contributed by atoms with E-state index >= 15 is 0 Å². The van der Waals surface area contributed by atoms with Crippen LogP contribution in [0.25, 0.3) is 17.0 Å². The van der Waals surface area contributed by atoms with Crippen LogP contribution in [0.2, 0.25) is 0 Å². The molecule has 0 aliphatic heterocycles. The van der Waals surface area contributed by atoms with Gasteiger partial charge in [-0.1, -0.05) is 18.2 Å². The van der Waals surface area contributed by atoms with Gasteiger partial charge >= 0.3 is 0 Å². The quantitative estimate of drug-likeness (QED) is 0.751. The molecule has 2 heterocycles. The summed E-state index contributed by atoms with van der Waals surface area (Å²) in [7, 11) is 0. The van der Waals surface area contributed by atoms with E-state index in [4.69, 9.17) is 5.73 Å². The van der Waals surface area contributed by atoms with Crippen molar-refractivity contribution in [1.82, 2.24) is 14.6 Å². The summed E-state index contributed by atoms with van der Waals surface area (Å²) in [4.78, 5) is 0. The molecule has 3 rings (SSSR count). The number of nitrogens with zero attached hydrogens (tertiary/aromatic N) is 3. The third-order valence-corrected chi connectivity index (χ3v) is 3.91. The molecule has 2 N–H and O–H groups in total. The van der Waals surface area contributed by atoms with Crippen molar-refractivity contribution in [3.05, 3.63) is 46.6 Å². The maximum atomic E-state index is 5.81. The summed E-state index contributed by atoms with van der Waals surface area (Å²) >= 11 is 3.59. The first-order valence-corrected chi connectivity index (χ1v) is 6.32. The first-order valence-electron chi connectivity index (χ1n) is 5.52. The predicted molar refractivity (Wildman–Crippen MR) is 75.3 cm³/mol. The number of hydrogen-bond acceptors (Lipinski definition) is 3. The van der Waals surface area contributed by atoms with Crippen LogP contribution in [0.1, 0.15) is 5.56 Å². The fourth-order valence-electron chi connectivity index (χ4n) is 1.91. The molecule has 0 saturated heterocycles. The first kappa shape index (κ1) is 11.2. The van der Waals surface area contributed by atoms with Gasteiger partial charge in [0.05, 0.1) is 0 Å². The van der Waals surface area contributed by atoms with Crippen molar-refractivity contribution < 1.29 is 0 Å².